The summed E-state index contributed by atoms with van der Waals surface area (Å²) in [5, 5.41) is 11.1. The minimum absolute atomic E-state index is 0.00970. The van der Waals surface area contributed by atoms with Crippen molar-refractivity contribution in [3.05, 3.63) is 23.8 Å². The van der Waals surface area contributed by atoms with Gasteiger partial charge in [-0.3, -0.25) is 9.59 Å². The quantitative estimate of drug-likeness (QED) is 0.802. The van der Waals surface area contributed by atoms with Gasteiger partial charge in [-0.25, -0.2) is 0 Å². The van der Waals surface area contributed by atoms with Gasteiger partial charge in [-0.15, -0.1) is 0 Å². The summed E-state index contributed by atoms with van der Waals surface area (Å²) in [6.45, 7) is 6.10. The van der Waals surface area contributed by atoms with Gasteiger partial charge in [0.05, 0.1) is 6.10 Å². The number of fused-ring (bicyclic) bond motifs is 5. The van der Waals surface area contributed by atoms with Crippen LogP contribution in [0, 0.1) is 34.5 Å². The van der Waals surface area contributed by atoms with Crippen molar-refractivity contribution in [2.24, 2.45) is 34.5 Å². The first kappa shape index (κ1) is 16.3. The average molecular weight is 328 g/mol. The summed E-state index contributed by atoms with van der Waals surface area (Å²) in [5.41, 5.74) is 0.848. The number of ketones is 2. The van der Waals surface area contributed by atoms with Gasteiger partial charge < -0.3 is 5.11 Å². The lowest BCUT2D eigenvalue weighted by atomic mass is 9.47. The summed E-state index contributed by atoms with van der Waals surface area (Å²) < 4.78 is 0. The molecule has 4 aliphatic rings. The maximum Gasteiger partial charge on any atom is 0.156 e. The summed E-state index contributed by atoms with van der Waals surface area (Å²) in [5.74, 6) is 1.60. The monoisotopic (exact) mass is 328 g/mol. The van der Waals surface area contributed by atoms with E-state index in [0.29, 0.717) is 24.2 Å². The molecule has 3 nitrogen and oxygen atoms in total. The van der Waals surface area contributed by atoms with Crippen LogP contribution in [-0.4, -0.2) is 22.8 Å². The molecule has 0 aromatic heterocycles. The number of Topliss-reactive ketones (excluding diaryl/α,β-unsaturated/α-hetero) is 1. The van der Waals surface area contributed by atoms with E-state index in [1.54, 1.807) is 6.92 Å². The molecule has 0 aliphatic heterocycles. The molecule has 4 rings (SSSR count). The highest BCUT2D eigenvalue weighted by Crippen LogP contribution is 2.65. The third kappa shape index (κ3) is 1.94. The molecule has 1 N–H and O–H groups in total. The highest BCUT2D eigenvalue weighted by molar-refractivity contribution is 5.92. The lowest BCUT2D eigenvalue weighted by Crippen LogP contribution is -2.56. The maximum absolute atomic E-state index is 12.2. The lowest BCUT2D eigenvalue weighted by molar-refractivity contribution is -0.141. The van der Waals surface area contributed by atoms with Gasteiger partial charge in [-0.05, 0) is 67.4 Å². The number of carbonyl (C=O) groups excluding carboxylic acids is 2. The van der Waals surface area contributed by atoms with Crippen molar-refractivity contribution in [1.82, 2.24) is 0 Å². The smallest absolute Gasteiger partial charge is 0.156 e. The number of hydrogen-bond acceptors (Lipinski definition) is 3. The van der Waals surface area contributed by atoms with Crippen LogP contribution in [0.25, 0.3) is 0 Å². The Morgan fingerprint density at radius 2 is 2.00 bits per heavy atom. The Morgan fingerprint density at radius 1 is 1.25 bits per heavy atom. The topological polar surface area (TPSA) is 54.4 Å². The van der Waals surface area contributed by atoms with Crippen LogP contribution < -0.4 is 0 Å². The highest BCUT2D eigenvalue weighted by Gasteiger charge is 2.62. The molecular formula is C21H28O3. The molecule has 130 valence electrons. The van der Waals surface area contributed by atoms with E-state index in [4.69, 9.17) is 0 Å². The first-order chi connectivity index (χ1) is 11.3. The predicted molar refractivity (Wildman–Crippen MR) is 92.2 cm³/mol. The number of rotatable bonds is 1. The molecule has 0 bridgehead atoms. The van der Waals surface area contributed by atoms with E-state index in [1.807, 2.05) is 6.08 Å². The molecule has 1 unspecified atom stereocenters. The van der Waals surface area contributed by atoms with E-state index in [9.17, 15) is 14.7 Å². The van der Waals surface area contributed by atoms with Crippen molar-refractivity contribution < 1.29 is 14.7 Å². The van der Waals surface area contributed by atoms with Crippen LogP contribution in [0.1, 0.15) is 52.9 Å². The molecule has 0 spiro atoms. The van der Waals surface area contributed by atoms with E-state index in [2.05, 4.69) is 26.0 Å². The van der Waals surface area contributed by atoms with Crippen LogP contribution in [-0.2, 0) is 9.59 Å². The second-order valence-corrected chi connectivity index (χ2v) is 8.99. The molecule has 2 fully saturated rings. The van der Waals surface area contributed by atoms with Gasteiger partial charge in [0.1, 0.15) is 5.78 Å². The third-order valence-electron chi connectivity index (χ3n) is 8.11. The van der Waals surface area contributed by atoms with Crippen LogP contribution in [0.3, 0.4) is 0 Å². The number of aliphatic hydroxyl groups excluding tert-OH is 1. The normalized spacial score (nSPS) is 49.9. The minimum Gasteiger partial charge on any atom is -0.393 e. The summed E-state index contributed by atoms with van der Waals surface area (Å²) in [6.07, 6.45) is 10.0. The number of allylic oxidation sites excluding steroid dienone is 4. The standard InChI is InChI=1S/C21H28O3/c1-12(22)16-6-7-17-15-5-4-13-10-14(23)8-9-20(13,2)18(15)11-19(24)21(16,17)3/h4-5,10,15-19,24H,6-9,11H2,1-3H3/t15-,16?,17-,18-,19+,20-,21+/m0/s1. The fraction of sp³-hybridized carbons (Fsp3) is 0.714. The van der Waals surface area contributed by atoms with Gasteiger partial charge in [-0.2, -0.15) is 0 Å². The molecule has 0 aromatic carbocycles. The molecular weight excluding hydrogens is 300 g/mol. The minimum atomic E-state index is -0.428. The Morgan fingerprint density at radius 3 is 2.71 bits per heavy atom. The van der Waals surface area contributed by atoms with E-state index in [1.165, 1.54) is 0 Å². The second kappa shape index (κ2) is 5.14. The van der Waals surface area contributed by atoms with Crippen LogP contribution in [0.15, 0.2) is 23.8 Å². The highest BCUT2D eigenvalue weighted by atomic mass is 16.3. The van der Waals surface area contributed by atoms with Crippen molar-refractivity contribution in [1.29, 1.82) is 0 Å². The number of carbonyl (C=O) groups is 2. The largest absolute Gasteiger partial charge is 0.393 e. The van der Waals surface area contributed by atoms with Gasteiger partial charge in [0.2, 0.25) is 0 Å². The fourth-order valence-electron chi connectivity index (χ4n) is 6.63. The van der Waals surface area contributed by atoms with E-state index >= 15 is 0 Å². The van der Waals surface area contributed by atoms with E-state index in [-0.39, 0.29) is 28.3 Å². The molecule has 2 saturated carbocycles. The summed E-state index contributed by atoms with van der Waals surface area (Å²) in [4.78, 5) is 24.0. The van der Waals surface area contributed by atoms with Gasteiger partial charge in [0.25, 0.3) is 0 Å². The Kier molecular flexibility index (Phi) is 3.48. The van der Waals surface area contributed by atoms with Gasteiger partial charge in [0, 0.05) is 17.8 Å². The van der Waals surface area contributed by atoms with Gasteiger partial charge in [0.15, 0.2) is 5.78 Å². The van der Waals surface area contributed by atoms with Crippen LogP contribution in [0.2, 0.25) is 0 Å². The third-order valence-corrected chi connectivity index (χ3v) is 8.11. The maximum atomic E-state index is 12.2. The van der Waals surface area contributed by atoms with Crippen LogP contribution in [0.4, 0.5) is 0 Å². The zero-order valence-electron chi connectivity index (χ0n) is 14.9. The summed E-state index contributed by atoms with van der Waals surface area (Å²) in [7, 11) is 0. The van der Waals surface area contributed by atoms with Crippen molar-refractivity contribution in [3.63, 3.8) is 0 Å². The average Bonchev–Trinajstić information content (AvgIpc) is 2.88. The number of hydrogen-bond donors (Lipinski definition) is 1. The molecule has 3 heteroatoms. The molecule has 0 radical (unpaired) electrons. The summed E-state index contributed by atoms with van der Waals surface area (Å²) >= 11 is 0. The first-order valence-electron chi connectivity index (χ1n) is 9.40. The molecule has 4 aliphatic carbocycles. The molecule has 0 saturated heterocycles. The Labute approximate surface area is 144 Å². The van der Waals surface area contributed by atoms with E-state index < -0.39 is 6.10 Å². The SMILES string of the molecule is CC(=O)C1CC[C@H]2[C@@H]3C=CC4=CC(=O)CC[C@]4(C)[C@H]3C[C@@H](O)[C@]12C. The molecule has 0 aromatic rings. The Bertz CT molecular complexity index is 660. The number of aliphatic hydroxyl groups is 1. The zero-order chi connectivity index (χ0) is 17.3. The molecule has 7 atom stereocenters. The fourth-order valence-corrected chi connectivity index (χ4v) is 6.63. The van der Waals surface area contributed by atoms with Crippen molar-refractivity contribution in [2.45, 2.75) is 59.0 Å². The van der Waals surface area contributed by atoms with E-state index in [0.717, 1.165) is 31.3 Å². The van der Waals surface area contributed by atoms with Crippen LogP contribution >= 0.6 is 0 Å². The van der Waals surface area contributed by atoms with Gasteiger partial charge in [-0.1, -0.05) is 26.0 Å². The molecule has 0 heterocycles. The van der Waals surface area contributed by atoms with Crippen LogP contribution in [0.5, 0.6) is 0 Å². The summed E-state index contributed by atoms with van der Waals surface area (Å²) in [6, 6.07) is 0. The Hall–Kier alpha value is -1.22. The molecule has 24 heavy (non-hydrogen) atoms. The first-order valence-corrected chi connectivity index (χ1v) is 9.40. The predicted octanol–water partition coefficient (Wildman–Crippen LogP) is 3.47. The lowest BCUT2D eigenvalue weighted by Gasteiger charge is -2.57. The van der Waals surface area contributed by atoms with Crippen molar-refractivity contribution >= 4 is 11.6 Å². The van der Waals surface area contributed by atoms with Crippen molar-refractivity contribution in [3.8, 4) is 0 Å². The molecule has 0 amide bonds. The van der Waals surface area contributed by atoms with Crippen molar-refractivity contribution in [2.75, 3.05) is 0 Å². The second-order valence-electron chi connectivity index (χ2n) is 8.99. The Balaban J connectivity index is 1.77. The zero-order valence-corrected chi connectivity index (χ0v) is 14.9. The van der Waals surface area contributed by atoms with Gasteiger partial charge >= 0.3 is 0 Å².